The minimum absolute atomic E-state index is 0.0604. The van der Waals surface area contributed by atoms with Gasteiger partial charge in [0.15, 0.2) is 5.13 Å². The van der Waals surface area contributed by atoms with Crippen LogP contribution in [0.15, 0.2) is 66.5 Å². The van der Waals surface area contributed by atoms with E-state index in [4.69, 9.17) is 0 Å². The SMILES string of the molecule is Cc1cc(/C(O)=C2\C(=O)C(=O)N(c3nc4ccc(C(=O)O)cc4s3)C2c2cccnc2)ccc1F. The number of fused-ring (bicyclic) bond motifs is 1. The molecule has 5 rings (SSSR count). The Morgan fingerprint density at radius 3 is 2.54 bits per heavy atom. The van der Waals surface area contributed by atoms with E-state index >= 15 is 0 Å². The van der Waals surface area contributed by atoms with Gasteiger partial charge in [0.05, 0.1) is 27.4 Å². The van der Waals surface area contributed by atoms with Gasteiger partial charge in [-0.15, -0.1) is 0 Å². The average molecular weight is 489 g/mol. The van der Waals surface area contributed by atoms with E-state index in [1.807, 2.05) is 0 Å². The first-order valence-electron chi connectivity index (χ1n) is 10.4. The molecule has 1 atom stereocenters. The molecule has 0 bridgehead atoms. The van der Waals surface area contributed by atoms with Gasteiger partial charge in [0.25, 0.3) is 5.78 Å². The van der Waals surface area contributed by atoms with Crippen molar-refractivity contribution in [3.05, 3.63) is 94.6 Å². The topological polar surface area (TPSA) is 121 Å². The number of aliphatic hydroxyl groups is 1. The minimum Gasteiger partial charge on any atom is -0.507 e. The van der Waals surface area contributed by atoms with Crippen LogP contribution >= 0.6 is 11.3 Å². The van der Waals surface area contributed by atoms with Crippen LogP contribution in [0.1, 0.15) is 33.1 Å². The summed E-state index contributed by atoms with van der Waals surface area (Å²) in [6, 6.07) is 10.5. The monoisotopic (exact) mass is 489 g/mol. The standard InChI is InChI=1S/C25H16FN3O5S/c1-12-9-13(4-6-16(12)26)21(30)19-20(15-3-2-8-27-11-15)29(23(32)22(19)31)25-28-17-7-5-14(24(33)34)10-18(17)35-25/h2-11,20,30H,1H3,(H,33,34)/b21-19+. The van der Waals surface area contributed by atoms with Crippen LogP contribution in [0.3, 0.4) is 0 Å². The summed E-state index contributed by atoms with van der Waals surface area (Å²) in [5.74, 6) is -3.86. The Kier molecular flexibility index (Phi) is 5.37. The molecular formula is C25H16FN3O5S. The predicted molar refractivity (Wildman–Crippen MR) is 127 cm³/mol. The first kappa shape index (κ1) is 22.4. The lowest BCUT2D eigenvalue weighted by Crippen LogP contribution is -2.29. The summed E-state index contributed by atoms with van der Waals surface area (Å²) in [5, 5.41) is 20.6. The Labute approximate surface area is 201 Å². The van der Waals surface area contributed by atoms with Gasteiger partial charge in [0.2, 0.25) is 0 Å². The molecule has 8 nitrogen and oxygen atoms in total. The summed E-state index contributed by atoms with van der Waals surface area (Å²) >= 11 is 1.05. The van der Waals surface area contributed by atoms with Crippen LogP contribution in [0.5, 0.6) is 0 Å². The zero-order valence-corrected chi connectivity index (χ0v) is 18.9. The number of Topliss-reactive ketones (excluding diaryl/α,β-unsaturated/α-hetero) is 1. The maximum atomic E-state index is 13.8. The number of pyridine rings is 1. The van der Waals surface area contributed by atoms with Crippen molar-refractivity contribution >= 4 is 50.1 Å². The number of nitrogens with zero attached hydrogens (tertiary/aromatic N) is 3. The Hall–Kier alpha value is -4.44. The molecule has 0 aliphatic carbocycles. The van der Waals surface area contributed by atoms with Crippen LogP contribution in [0.25, 0.3) is 16.0 Å². The van der Waals surface area contributed by atoms with E-state index in [-0.39, 0.29) is 27.4 Å². The van der Waals surface area contributed by atoms with Crippen LogP contribution in [0.4, 0.5) is 9.52 Å². The fraction of sp³-hybridized carbons (Fsp3) is 0.0800. The molecule has 1 aliphatic heterocycles. The summed E-state index contributed by atoms with van der Waals surface area (Å²) in [5.41, 5.74) is 1.24. The Morgan fingerprint density at radius 1 is 1.09 bits per heavy atom. The molecule has 10 heteroatoms. The van der Waals surface area contributed by atoms with Gasteiger partial charge in [0.1, 0.15) is 11.6 Å². The lowest BCUT2D eigenvalue weighted by molar-refractivity contribution is -0.132. The molecule has 0 saturated carbocycles. The minimum atomic E-state index is -1.10. The molecule has 2 aromatic heterocycles. The van der Waals surface area contributed by atoms with E-state index in [0.717, 1.165) is 11.3 Å². The number of thiazole rings is 1. The van der Waals surface area contributed by atoms with Crippen LogP contribution in [0, 0.1) is 12.7 Å². The number of hydrogen-bond acceptors (Lipinski definition) is 7. The molecule has 1 unspecified atom stereocenters. The van der Waals surface area contributed by atoms with Crippen molar-refractivity contribution in [1.29, 1.82) is 0 Å². The number of benzene rings is 2. The molecule has 1 saturated heterocycles. The van der Waals surface area contributed by atoms with Gasteiger partial charge in [-0.05, 0) is 60.5 Å². The van der Waals surface area contributed by atoms with Gasteiger partial charge < -0.3 is 10.2 Å². The van der Waals surface area contributed by atoms with Gasteiger partial charge in [-0.3, -0.25) is 19.5 Å². The highest BCUT2D eigenvalue weighted by Gasteiger charge is 2.48. The number of carbonyl (C=O) groups excluding carboxylic acids is 2. The number of anilines is 1. The molecule has 0 spiro atoms. The predicted octanol–water partition coefficient (Wildman–Crippen LogP) is 4.46. The van der Waals surface area contributed by atoms with Crippen molar-refractivity contribution in [2.24, 2.45) is 0 Å². The summed E-state index contributed by atoms with van der Waals surface area (Å²) in [4.78, 5) is 47.5. The van der Waals surface area contributed by atoms with Crippen molar-refractivity contribution in [2.45, 2.75) is 13.0 Å². The molecule has 4 aromatic rings. The molecule has 3 heterocycles. The fourth-order valence-corrected chi connectivity index (χ4v) is 5.01. The first-order chi connectivity index (χ1) is 16.8. The first-order valence-corrected chi connectivity index (χ1v) is 11.2. The van der Waals surface area contributed by atoms with Crippen molar-refractivity contribution in [3.63, 3.8) is 0 Å². The van der Waals surface area contributed by atoms with Crippen molar-refractivity contribution in [3.8, 4) is 0 Å². The summed E-state index contributed by atoms with van der Waals surface area (Å²) in [7, 11) is 0. The molecule has 2 aromatic carbocycles. The van der Waals surface area contributed by atoms with E-state index in [0.29, 0.717) is 15.8 Å². The molecule has 0 radical (unpaired) electrons. The molecular weight excluding hydrogens is 473 g/mol. The smallest absolute Gasteiger partial charge is 0.335 e. The van der Waals surface area contributed by atoms with E-state index in [1.54, 1.807) is 12.1 Å². The number of ketones is 1. The quantitative estimate of drug-likeness (QED) is 0.247. The number of aryl methyl sites for hydroxylation is 1. The molecule has 2 N–H and O–H groups in total. The Morgan fingerprint density at radius 2 is 1.86 bits per heavy atom. The highest BCUT2D eigenvalue weighted by Crippen LogP contribution is 2.44. The van der Waals surface area contributed by atoms with Gasteiger partial charge in [-0.1, -0.05) is 17.4 Å². The second-order valence-electron chi connectivity index (χ2n) is 7.90. The largest absolute Gasteiger partial charge is 0.507 e. The lowest BCUT2D eigenvalue weighted by atomic mass is 9.96. The van der Waals surface area contributed by atoms with E-state index < -0.39 is 35.3 Å². The number of amides is 1. The second-order valence-corrected chi connectivity index (χ2v) is 8.91. The fourth-order valence-electron chi connectivity index (χ4n) is 3.98. The third kappa shape index (κ3) is 3.73. The Balaban J connectivity index is 1.71. The van der Waals surface area contributed by atoms with E-state index in [9.17, 15) is 29.0 Å². The number of rotatable bonds is 4. The van der Waals surface area contributed by atoms with Gasteiger partial charge in [-0.2, -0.15) is 0 Å². The molecule has 1 amide bonds. The number of aromatic nitrogens is 2. The van der Waals surface area contributed by atoms with Crippen LogP contribution in [0.2, 0.25) is 0 Å². The second kappa shape index (κ2) is 8.41. The van der Waals surface area contributed by atoms with Crippen molar-refractivity contribution in [1.82, 2.24) is 9.97 Å². The van der Waals surface area contributed by atoms with Crippen molar-refractivity contribution < 1.29 is 29.0 Å². The Bertz CT molecular complexity index is 1560. The van der Waals surface area contributed by atoms with Gasteiger partial charge in [0, 0.05) is 18.0 Å². The number of aliphatic hydroxyl groups excluding tert-OH is 1. The van der Waals surface area contributed by atoms with Crippen LogP contribution in [-0.4, -0.2) is 37.8 Å². The highest BCUT2D eigenvalue weighted by molar-refractivity contribution is 7.22. The number of aromatic carboxylic acids is 1. The molecule has 1 fully saturated rings. The number of halogens is 1. The van der Waals surface area contributed by atoms with Crippen LogP contribution in [-0.2, 0) is 9.59 Å². The maximum absolute atomic E-state index is 13.8. The molecule has 35 heavy (non-hydrogen) atoms. The van der Waals surface area contributed by atoms with E-state index in [1.165, 1.54) is 60.6 Å². The molecule has 1 aliphatic rings. The van der Waals surface area contributed by atoms with Gasteiger partial charge in [-0.25, -0.2) is 14.2 Å². The summed E-state index contributed by atoms with van der Waals surface area (Å²) < 4.78 is 14.3. The number of carboxylic acids is 1. The number of carboxylic acid groups (broad SMARTS) is 1. The third-order valence-corrected chi connectivity index (χ3v) is 6.72. The zero-order valence-electron chi connectivity index (χ0n) is 18.1. The van der Waals surface area contributed by atoms with E-state index in [2.05, 4.69) is 9.97 Å². The maximum Gasteiger partial charge on any atom is 0.335 e. The number of hydrogen-bond donors (Lipinski definition) is 2. The molecule has 174 valence electrons. The normalized spacial score (nSPS) is 17.3. The van der Waals surface area contributed by atoms with Crippen molar-refractivity contribution in [2.75, 3.05) is 4.90 Å². The lowest BCUT2D eigenvalue weighted by Gasteiger charge is -2.22. The number of carbonyl (C=O) groups is 3. The van der Waals surface area contributed by atoms with Gasteiger partial charge >= 0.3 is 11.9 Å². The third-order valence-electron chi connectivity index (χ3n) is 5.71. The van der Waals surface area contributed by atoms with Crippen LogP contribution < -0.4 is 4.90 Å². The zero-order chi connectivity index (χ0) is 24.9. The highest BCUT2D eigenvalue weighted by atomic mass is 32.1. The summed E-state index contributed by atoms with van der Waals surface area (Å²) in [6.07, 6.45) is 3.01. The summed E-state index contributed by atoms with van der Waals surface area (Å²) in [6.45, 7) is 1.52. The average Bonchev–Trinajstić information content (AvgIpc) is 3.38.